The summed E-state index contributed by atoms with van der Waals surface area (Å²) in [5, 5.41) is 8.35. The minimum Gasteiger partial charge on any atom is -0.481 e. The molecule has 0 heterocycles. The first-order chi connectivity index (χ1) is 7.00. The molecular formula is C10H7BrO4. The summed E-state index contributed by atoms with van der Waals surface area (Å²) in [5.74, 6) is -3.00. The summed E-state index contributed by atoms with van der Waals surface area (Å²) in [4.78, 5) is 32.7. The number of hydrogen-bond donors (Lipinski definition) is 1. The van der Waals surface area contributed by atoms with Gasteiger partial charge < -0.3 is 5.11 Å². The third-order valence-electron chi connectivity index (χ3n) is 1.65. The van der Waals surface area contributed by atoms with Crippen LogP contribution in [0.2, 0.25) is 0 Å². The van der Waals surface area contributed by atoms with Crippen molar-refractivity contribution in [3.8, 4) is 0 Å². The minimum atomic E-state index is -1.30. The molecule has 0 saturated carbocycles. The molecule has 0 aliphatic carbocycles. The van der Waals surface area contributed by atoms with Crippen LogP contribution in [-0.2, 0) is 9.59 Å². The maximum absolute atomic E-state index is 11.4. The molecule has 15 heavy (non-hydrogen) atoms. The molecule has 1 rings (SSSR count). The Morgan fingerprint density at radius 3 is 2.47 bits per heavy atom. The van der Waals surface area contributed by atoms with Crippen molar-refractivity contribution in [2.45, 2.75) is 6.42 Å². The first-order valence-electron chi connectivity index (χ1n) is 4.05. The van der Waals surface area contributed by atoms with Crippen molar-refractivity contribution >= 4 is 33.5 Å². The van der Waals surface area contributed by atoms with Gasteiger partial charge in [-0.2, -0.15) is 0 Å². The molecule has 0 aliphatic heterocycles. The Labute approximate surface area is 94.0 Å². The first-order valence-corrected chi connectivity index (χ1v) is 4.85. The van der Waals surface area contributed by atoms with E-state index in [2.05, 4.69) is 15.9 Å². The number of carboxylic acids is 1. The van der Waals surface area contributed by atoms with Gasteiger partial charge in [0.05, 0.1) is 0 Å². The summed E-state index contributed by atoms with van der Waals surface area (Å²) in [6.07, 6.45) is -0.772. The van der Waals surface area contributed by atoms with Gasteiger partial charge in [-0.1, -0.05) is 28.1 Å². The number of ketones is 2. The number of benzene rings is 1. The van der Waals surface area contributed by atoms with E-state index in [0.29, 0.717) is 4.47 Å². The summed E-state index contributed by atoms with van der Waals surface area (Å²) in [6, 6.07) is 6.25. The zero-order valence-corrected chi connectivity index (χ0v) is 9.15. The summed E-state index contributed by atoms with van der Waals surface area (Å²) < 4.78 is 0.663. The highest BCUT2D eigenvalue weighted by molar-refractivity contribution is 9.10. The lowest BCUT2D eigenvalue weighted by Gasteiger charge is -1.98. The topological polar surface area (TPSA) is 71.4 Å². The van der Waals surface area contributed by atoms with E-state index < -0.39 is 24.0 Å². The third-order valence-corrected chi connectivity index (χ3v) is 2.15. The van der Waals surface area contributed by atoms with Gasteiger partial charge in [-0.15, -0.1) is 0 Å². The van der Waals surface area contributed by atoms with Crippen LogP contribution in [0.3, 0.4) is 0 Å². The SMILES string of the molecule is O=C(O)CC(=O)C(=O)c1cccc(Br)c1. The van der Waals surface area contributed by atoms with Crippen LogP contribution >= 0.6 is 15.9 Å². The zero-order valence-electron chi connectivity index (χ0n) is 7.57. The second kappa shape index (κ2) is 4.84. The molecule has 5 heteroatoms. The largest absolute Gasteiger partial charge is 0.481 e. The smallest absolute Gasteiger partial charge is 0.311 e. The molecule has 1 aromatic rings. The van der Waals surface area contributed by atoms with Crippen molar-refractivity contribution in [3.63, 3.8) is 0 Å². The Morgan fingerprint density at radius 1 is 1.27 bits per heavy atom. The molecule has 78 valence electrons. The minimum absolute atomic E-state index is 0.190. The standard InChI is InChI=1S/C10H7BrO4/c11-7-3-1-2-6(4-7)10(15)8(12)5-9(13)14/h1-4H,5H2,(H,13,14). The molecule has 0 unspecified atom stereocenters. The summed E-state index contributed by atoms with van der Waals surface area (Å²) >= 11 is 3.15. The lowest BCUT2D eigenvalue weighted by molar-refractivity contribution is -0.139. The molecule has 0 aliphatic rings. The zero-order chi connectivity index (χ0) is 11.4. The first kappa shape index (κ1) is 11.6. The van der Waals surface area contributed by atoms with E-state index in [1.54, 1.807) is 12.1 Å². The summed E-state index contributed by atoms with van der Waals surface area (Å²) in [5.41, 5.74) is 0.190. The van der Waals surface area contributed by atoms with E-state index in [1.807, 2.05) is 0 Å². The highest BCUT2D eigenvalue weighted by atomic mass is 79.9. The lowest BCUT2D eigenvalue weighted by Crippen LogP contribution is -2.17. The fraction of sp³-hybridized carbons (Fsp3) is 0.100. The molecule has 0 aromatic heterocycles. The van der Waals surface area contributed by atoms with Gasteiger partial charge in [0.2, 0.25) is 11.6 Å². The van der Waals surface area contributed by atoms with Gasteiger partial charge in [0.15, 0.2) is 0 Å². The van der Waals surface area contributed by atoms with E-state index in [0.717, 1.165) is 0 Å². The average Bonchev–Trinajstić information content (AvgIpc) is 2.15. The van der Waals surface area contributed by atoms with Gasteiger partial charge in [-0.3, -0.25) is 14.4 Å². The fourth-order valence-corrected chi connectivity index (χ4v) is 1.41. The van der Waals surface area contributed by atoms with Crippen molar-refractivity contribution in [2.24, 2.45) is 0 Å². The van der Waals surface area contributed by atoms with Gasteiger partial charge in [0.1, 0.15) is 6.42 Å². The number of carbonyl (C=O) groups excluding carboxylic acids is 2. The Balaban J connectivity index is 2.85. The van der Waals surface area contributed by atoms with Crippen LogP contribution in [0.4, 0.5) is 0 Å². The molecule has 0 fully saturated rings. The van der Waals surface area contributed by atoms with Crippen LogP contribution in [-0.4, -0.2) is 22.6 Å². The van der Waals surface area contributed by atoms with E-state index in [1.165, 1.54) is 12.1 Å². The number of carbonyl (C=O) groups is 3. The number of carboxylic acid groups (broad SMARTS) is 1. The molecule has 4 nitrogen and oxygen atoms in total. The van der Waals surface area contributed by atoms with E-state index in [-0.39, 0.29) is 5.56 Å². The predicted molar refractivity (Wildman–Crippen MR) is 55.7 cm³/mol. The van der Waals surface area contributed by atoms with Crippen molar-refractivity contribution in [1.82, 2.24) is 0 Å². The van der Waals surface area contributed by atoms with E-state index >= 15 is 0 Å². The number of aliphatic carboxylic acids is 1. The van der Waals surface area contributed by atoms with E-state index in [9.17, 15) is 14.4 Å². The molecule has 0 bridgehead atoms. The summed E-state index contributed by atoms with van der Waals surface area (Å²) in [7, 11) is 0. The molecule has 0 atom stereocenters. The fourth-order valence-electron chi connectivity index (χ4n) is 1.01. The Bertz CT molecular complexity index is 425. The molecule has 0 amide bonds. The van der Waals surface area contributed by atoms with Crippen LogP contribution in [0.15, 0.2) is 28.7 Å². The normalized spacial score (nSPS) is 9.67. The molecule has 0 radical (unpaired) electrons. The van der Waals surface area contributed by atoms with Gasteiger partial charge in [0.25, 0.3) is 0 Å². The second-order valence-electron chi connectivity index (χ2n) is 2.83. The number of halogens is 1. The number of hydrogen-bond acceptors (Lipinski definition) is 3. The second-order valence-corrected chi connectivity index (χ2v) is 3.75. The highest BCUT2D eigenvalue weighted by Crippen LogP contribution is 2.12. The maximum Gasteiger partial charge on any atom is 0.311 e. The quantitative estimate of drug-likeness (QED) is 0.513. The van der Waals surface area contributed by atoms with Crippen molar-refractivity contribution in [1.29, 1.82) is 0 Å². The van der Waals surface area contributed by atoms with Gasteiger partial charge in [0, 0.05) is 10.0 Å². The van der Waals surface area contributed by atoms with Crippen LogP contribution in [0, 0.1) is 0 Å². The summed E-state index contributed by atoms with van der Waals surface area (Å²) in [6.45, 7) is 0. The van der Waals surface area contributed by atoms with Gasteiger partial charge in [-0.05, 0) is 12.1 Å². The molecule has 1 N–H and O–H groups in total. The molecule has 0 saturated heterocycles. The molecular weight excluding hydrogens is 264 g/mol. The Hall–Kier alpha value is -1.49. The van der Waals surface area contributed by atoms with E-state index in [4.69, 9.17) is 5.11 Å². The van der Waals surface area contributed by atoms with Gasteiger partial charge in [-0.25, -0.2) is 0 Å². The lowest BCUT2D eigenvalue weighted by atomic mass is 10.1. The van der Waals surface area contributed by atoms with Gasteiger partial charge >= 0.3 is 5.97 Å². The van der Waals surface area contributed by atoms with Crippen LogP contribution in [0.5, 0.6) is 0 Å². The predicted octanol–water partition coefficient (Wildman–Crippen LogP) is 1.68. The Kier molecular flexibility index (Phi) is 3.74. The van der Waals surface area contributed by atoms with Crippen LogP contribution in [0.25, 0.3) is 0 Å². The Morgan fingerprint density at radius 2 is 1.93 bits per heavy atom. The average molecular weight is 271 g/mol. The number of Topliss-reactive ketones (excluding diaryl/α,β-unsaturated/α-hetero) is 2. The highest BCUT2D eigenvalue weighted by Gasteiger charge is 2.18. The maximum atomic E-state index is 11.4. The van der Waals surface area contributed by atoms with Crippen LogP contribution in [0.1, 0.15) is 16.8 Å². The van der Waals surface area contributed by atoms with Crippen molar-refractivity contribution in [2.75, 3.05) is 0 Å². The van der Waals surface area contributed by atoms with Crippen molar-refractivity contribution in [3.05, 3.63) is 34.3 Å². The molecule has 1 aromatic carbocycles. The monoisotopic (exact) mass is 270 g/mol. The third kappa shape index (κ3) is 3.28. The molecule has 0 spiro atoms. The number of rotatable bonds is 4. The van der Waals surface area contributed by atoms with Crippen LogP contribution < -0.4 is 0 Å². The van der Waals surface area contributed by atoms with Crippen molar-refractivity contribution < 1.29 is 19.5 Å².